The molecule has 4 heterocycles. The molecule has 0 spiro atoms. The molecule has 1 unspecified atom stereocenters. The predicted octanol–water partition coefficient (Wildman–Crippen LogP) is 5.96. The zero-order valence-corrected chi connectivity index (χ0v) is 19.8. The Kier molecular flexibility index (Phi) is 6.36. The second kappa shape index (κ2) is 9.32. The van der Waals surface area contributed by atoms with Crippen LogP contribution in [0.1, 0.15) is 37.9 Å². The molecule has 6 rings (SSSR count). The number of nitrogens with zero attached hydrogens (tertiary/aromatic N) is 2. The molecule has 2 aromatic carbocycles. The van der Waals surface area contributed by atoms with Crippen LogP contribution in [0.15, 0.2) is 48.5 Å². The first kappa shape index (κ1) is 23.9. The number of benzene rings is 2. The third kappa shape index (κ3) is 4.82. The molecule has 3 aliphatic rings. The maximum atomic E-state index is 12.6. The number of methoxy groups -OCH3 is 1. The van der Waals surface area contributed by atoms with Crippen LogP contribution in [0.2, 0.25) is 0 Å². The first-order valence-corrected chi connectivity index (χ1v) is 12.0. The van der Waals surface area contributed by atoms with E-state index in [1.54, 1.807) is 19.2 Å². The molecular formula is C27H29F3N2O3. The van der Waals surface area contributed by atoms with Crippen molar-refractivity contribution in [2.75, 3.05) is 20.2 Å². The molecule has 5 atom stereocenters. The van der Waals surface area contributed by atoms with Crippen molar-refractivity contribution in [2.45, 2.75) is 44.7 Å². The van der Waals surface area contributed by atoms with Gasteiger partial charge in [0.15, 0.2) is 0 Å². The highest BCUT2D eigenvalue weighted by Gasteiger charge is 2.42. The topological polar surface area (TPSA) is 54.8 Å². The van der Waals surface area contributed by atoms with Gasteiger partial charge in [-0.15, -0.1) is 13.2 Å². The van der Waals surface area contributed by atoms with Gasteiger partial charge in [-0.25, -0.2) is 4.98 Å². The Morgan fingerprint density at radius 2 is 1.86 bits per heavy atom. The number of fused-ring (bicyclic) bond motifs is 4. The van der Waals surface area contributed by atoms with Crippen LogP contribution in [0.25, 0.3) is 22.2 Å². The van der Waals surface area contributed by atoms with Crippen LogP contribution in [0.4, 0.5) is 13.2 Å². The van der Waals surface area contributed by atoms with Gasteiger partial charge in [-0.3, -0.25) is 4.90 Å². The largest absolute Gasteiger partial charge is 0.573 e. The van der Waals surface area contributed by atoms with Gasteiger partial charge in [0, 0.05) is 23.5 Å². The molecule has 186 valence electrons. The Balaban J connectivity index is 1.53. The molecule has 3 saturated heterocycles. The van der Waals surface area contributed by atoms with E-state index in [2.05, 4.69) is 16.6 Å². The predicted molar refractivity (Wildman–Crippen MR) is 127 cm³/mol. The van der Waals surface area contributed by atoms with E-state index in [0.717, 1.165) is 36.9 Å². The second-order valence-electron chi connectivity index (χ2n) is 9.51. The molecule has 3 fully saturated rings. The molecule has 3 aromatic rings. The van der Waals surface area contributed by atoms with Crippen LogP contribution < -0.4 is 9.47 Å². The summed E-state index contributed by atoms with van der Waals surface area (Å²) in [4.78, 5) is 7.15. The van der Waals surface area contributed by atoms with Gasteiger partial charge in [-0.1, -0.05) is 13.3 Å². The summed E-state index contributed by atoms with van der Waals surface area (Å²) in [6.45, 7) is 4.23. The number of rotatable bonds is 6. The second-order valence-corrected chi connectivity index (χ2v) is 9.51. The van der Waals surface area contributed by atoms with Crippen LogP contribution in [0.3, 0.4) is 0 Å². The summed E-state index contributed by atoms with van der Waals surface area (Å²) in [7, 11) is 1.60. The molecule has 35 heavy (non-hydrogen) atoms. The number of hydrogen-bond acceptors (Lipinski definition) is 5. The van der Waals surface area contributed by atoms with Crippen molar-refractivity contribution in [2.24, 2.45) is 11.8 Å². The minimum atomic E-state index is -4.75. The van der Waals surface area contributed by atoms with E-state index in [1.165, 1.54) is 18.6 Å². The fourth-order valence-electron chi connectivity index (χ4n) is 5.76. The fourth-order valence-corrected chi connectivity index (χ4v) is 5.76. The van der Waals surface area contributed by atoms with Crippen LogP contribution in [0, 0.1) is 11.8 Å². The first-order chi connectivity index (χ1) is 16.8. The Morgan fingerprint density at radius 1 is 1.11 bits per heavy atom. The monoisotopic (exact) mass is 486 g/mol. The van der Waals surface area contributed by atoms with E-state index in [4.69, 9.17) is 9.72 Å². The lowest BCUT2D eigenvalue weighted by molar-refractivity contribution is -0.274. The normalized spacial score (nSPS) is 25.0. The quantitative estimate of drug-likeness (QED) is 0.466. The number of pyridine rings is 1. The minimum Gasteiger partial charge on any atom is -0.497 e. The number of ether oxygens (including phenoxy) is 2. The Hall–Kier alpha value is -2.84. The zero-order valence-electron chi connectivity index (χ0n) is 19.8. The van der Waals surface area contributed by atoms with E-state index in [0.29, 0.717) is 34.4 Å². The van der Waals surface area contributed by atoms with Gasteiger partial charge in [-0.2, -0.15) is 0 Å². The van der Waals surface area contributed by atoms with Crippen molar-refractivity contribution < 1.29 is 27.8 Å². The average Bonchev–Trinajstić information content (AvgIpc) is 2.87. The SMILES string of the molecule is CC[C@H]1CN2CC[C@H]1C[C@H]2[C@H](O)c1cc(-c2ccc(OC(F)(F)F)cc2)nc2ccc(OC)cc12. The molecule has 3 aliphatic heterocycles. The molecule has 5 nitrogen and oxygen atoms in total. The van der Waals surface area contributed by atoms with Crippen LogP contribution in [-0.4, -0.2) is 47.6 Å². The highest BCUT2D eigenvalue weighted by Crippen LogP contribution is 2.43. The van der Waals surface area contributed by atoms with Gasteiger partial charge in [0.25, 0.3) is 0 Å². The van der Waals surface area contributed by atoms with Crippen LogP contribution >= 0.6 is 0 Å². The van der Waals surface area contributed by atoms with Crippen molar-refractivity contribution in [3.8, 4) is 22.8 Å². The van der Waals surface area contributed by atoms with Crippen molar-refractivity contribution in [1.29, 1.82) is 0 Å². The lowest BCUT2D eigenvalue weighted by Gasteiger charge is -2.51. The highest BCUT2D eigenvalue weighted by molar-refractivity contribution is 5.87. The minimum absolute atomic E-state index is 0.0174. The molecule has 0 amide bonds. The van der Waals surface area contributed by atoms with Crippen molar-refractivity contribution in [3.63, 3.8) is 0 Å². The van der Waals surface area contributed by atoms with Gasteiger partial charge in [-0.05, 0) is 85.3 Å². The molecule has 1 N–H and O–H groups in total. The summed E-state index contributed by atoms with van der Waals surface area (Å²) < 4.78 is 47.1. The molecule has 8 heteroatoms. The number of piperidine rings is 3. The summed E-state index contributed by atoms with van der Waals surface area (Å²) >= 11 is 0. The third-order valence-electron chi connectivity index (χ3n) is 7.58. The Labute approximate surface area is 202 Å². The maximum absolute atomic E-state index is 12.6. The van der Waals surface area contributed by atoms with E-state index < -0.39 is 12.5 Å². The average molecular weight is 487 g/mol. The Bertz CT molecular complexity index is 1200. The molecule has 2 bridgehead atoms. The van der Waals surface area contributed by atoms with E-state index in [9.17, 15) is 18.3 Å². The number of alkyl halides is 3. The van der Waals surface area contributed by atoms with E-state index in [1.807, 2.05) is 24.3 Å². The Morgan fingerprint density at radius 3 is 2.49 bits per heavy atom. The van der Waals surface area contributed by atoms with Crippen molar-refractivity contribution in [3.05, 3.63) is 54.1 Å². The lowest BCUT2D eigenvalue weighted by Crippen LogP contribution is -2.55. The van der Waals surface area contributed by atoms with Crippen molar-refractivity contribution in [1.82, 2.24) is 9.88 Å². The van der Waals surface area contributed by atoms with Gasteiger partial charge in [0.1, 0.15) is 11.5 Å². The molecule has 0 aliphatic carbocycles. The lowest BCUT2D eigenvalue weighted by atomic mass is 9.72. The first-order valence-electron chi connectivity index (χ1n) is 12.0. The smallest absolute Gasteiger partial charge is 0.497 e. The molecule has 0 radical (unpaired) electrons. The van der Waals surface area contributed by atoms with Gasteiger partial charge in [0.05, 0.1) is 24.4 Å². The fraction of sp³-hybridized carbons (Fsp3) is 0.444. The number of aliphatic hydroxyl groups is 1. The molecule has 1 aromatic heterocycles. The van der Waals surface area contributed by atoms with Gasteiger partial charge in [0.2, 0.25) is 0 Å². The maximum Gasteiger partial charge on any atom is 0.573 e. The number of aromatic nitrogens is 1. The number of hydrogen-bond donors (Lipinski definition) is 1. The van der Waals surface area contributed by atoms with Crippen molar-refractivity contribution >= 4 is 10.9 Å². The van der Waals surface area contributed by atoms with Gasteiger partial charge >= 0.3 is 6.36 Å². The van der Waals surface area contributed by atoms with E-state index in [-0.39, 0.29) is 11.8 Å². The number of halogens is 3. The summed E-state index contributed by atoms with van der Waals surface area (Å²) in [5.74, 6) is 1.68. The summed E-state index contributed by atoms with van der Waals surface area (Å²) in [5.41, 5.74) is 2.67. The standard InChI is InChI=1S/C27H29F3N2O3/c1-3-16-15-32-11-10-18(16)12-25(32)26(33)22-14-24(31-23-9-8-20(34-2)13-21(22)23)17-4-6-19(7-5-17)35-27(28,29)30/h4-9,13-14,16,18,25-26,33H,3,10-12,15H2,1-2H3/t16-,18-,25-,26+/m0/s1. The molecular weight excluding hydrogens is 457 g/mol. The summed E-state index contributed by atoms with van der Waals surface area (Å²) in [6.07, 6.45) is -2.20. The third-order valence-corrected chi connectivity index (χ3v) is 7.58. The summed E-state index contributed by atoms with van der Waals surface area (Å²) in [5, 5.41) is 12.5. The highest BCUT2D eigenvalue weighted by atomic mass is 19.4. The number of aliphatic hydroxyl groups excluding tert-OH is 1. The van der Waals surface area contributed by atoms with E-state index >= 15 is 0 Å². The van der Waals surface area contributed by atoms with Crippen LogP contribution in [-0.2, 0) is 0 Å². The zero-order chi connectivity index (χ0) is 24.7. The van der Waals surface area contributed by atoms with Gasteiger partial charge < -0.3 is 14.6 Å². The molecule has 0 saturated carbocycles. The summed E-state index contributed by atoms with van der Waals surface area (Å²) in [6, 6.07) is 13.1. The van der Waals surface area contributed by atoms with Crippen LogP contribution in [0.5, 0.6) is 11.5 Å².